The molecule has 0 aromatic heterocycles. The minimum Gasteiger partial charge on any atom is -0.324 e. The second kappa shape index (κ2) is 4.25. The second-order valence-corrected chi connectivity index (χ2v) is 6.45. The quantitative estimate of drug-likeness (QED) is 0.692. The number of hydrogen-bond donors (Lipinski definition) is 1. The van der Waals surface area contributed by atoms with Crippen molar-refractivity contribution in [3.05, 3.63) is 0 Å². The molecule has 1 fully saturated rings. The van der Waals surface area contributed by atoms with Crippen LogP contribution in [0.2, 0.25) is 0 Å². The van der Waals surface area contributed by atoms with Crippen LogP contribution in [0.3, 0.4) is 0 Å². The van der Waals surface area contributed by atoms with Gasteiger partial charge in [-0.25, -0.2) is 0 Å². The molecular formula is C13H26NO+. The Balaban J connectivity index is 2.76. The van der Waals surface area contributed by atoms with Gasteiger partial charge in [0.15, 0.2) is 5.78 Å². The highest BCUT2D eigenvalue weighted by atomic mass is 16.1. The molecule has 1 aliphatic heterocycles. The van der Waals surface area contributed by atoms with Crippen LogP contribution < -0.4 is 4.90 Å². The summed E-state index contributed by atoms with van der Waals surface area (Å²) in [4.78, 5) is 13.5. The third-order valence-corrected chi connectivity index (χ3v) is 3.72. The van der Waals surface area contributed by atoms with E-state index < -0.39 is 0 Å². The van der Waals surface area contributed by atoms with Gasteiger partial charge in [0, 0.05) is 11.8 Å². The van der Waals surface area contributed by atoms with Crippen LogP contribution >= 0.6 is 0 Å². The largest absolute Gasteiger partial charge is 0.324 e. The third-order valence-electron chi connectivity index (χ3n) is 3.72. The van der Waals surface area contributed by atoms with E-state index in [-0.39, 0.29) is 11.5 Å². The molecule has 0 saturated carbocycles. The van der Waals surface area contributed by atoms with Gasteiger partial charge in [0.25, 0.3) is 0 Å². The molecule has 1 aliphatic rings. The van der Waals surface area contributed by atoms with Gasteiger partial charge >= 0.3 is 0 Å². The van der Waals surface area contributed by atoms with Crippen molar-refractivity contribution in [3.8, 4) is 0 Å². The van der Waals surface area contributed by atoms with E-state index in [0.29, 0.717) is 17.6 Å². The summed E-state index contributed by atoms with van der Waals surface area (Å²) < 4.78 is 0. The van der Waals surface area contributed by atoms with Gasteiger partial charge in [-0.2, -0.15) is 0 Å². The lowest BCUT2D eigenvalue weighted by Gasteiger charge is -2.41. The van der Waals surface area contributed by atoms with Crippen molar-refractivity contribution in [1.82, 2.24) is 0 Å². The first-order chi connectivity index (χ1) is 6.73. The van der Waals surface area contributed by atoms with Crippen molar-refractivity contribution in [2.24, 2.45) is 17.8 Å². The van der Waals surface area contributed by atoms with Crippen molar-refractivity contribution in [1.29, 1.82) is 0 Å². The minimum absolute atomic E-state index is 0.200. The predicted molar refractivity (Wildman–Crippen MR) is 62.9 cm³/mol. The molecule has 1 saturated heterocycles. The molecule has 0 aliphatic carbocycles. The highest BCUT2D eigenvalue weighted by Crippen LogP contribution is 2.23. The zero-order valence-electron chi connectivity index (χ0n) is 11.1. The van der Waals surface area contributed by atoms with E-state index in [9.17, 15) is 4.79 Å². The van der Waals surface area contributed by atoms with E-state index in [0.717, 1.165) is 13.1 Å². The maximum Gasteiger partial charge on any atom is 0.190 e. The Labute approximate surface area is 94.0 Å². The SMILES string of the molecule is CC(C)[C@H]1C(=O)C[NH+](C(C)(C)C)C[C@H]1C. The number of piperidine rings is 1. The summed E-state index contributed by atoms with van der Waals surface area (Å²) in [6.07, 6.45) is 0. The molecule has 1 rings (SSSR count). The Kier molecular flexibility index (Phi) is 3.59. The molecule has 2 nitrogen and oxygen atoms in total. The lowest BCUT2D eigenvalue weighted by Crippen LogP contribution is -3.21. The molecule has 1 N–H and O–H groups in total. The molecule has 1 heterocycles. The van der Waals surface area contributed by atoms with Crippen molar-refractivity contribution < 1.29 is 9.69 Å². The molecule has 0 aromatic rings. The number of carbonyl (C=O) groups is 1. The third kappa shape index (κ3) is 2.81. The molecular weight excluding hydrogens is 186 g/mol. The van der Waals surface area contributed by atoms with E-state index in [1.807, 2.05) is 0 Å². The van der Waals surface area contributed by atoms with Crippen molar-refractivity contribution >= 4 is 5.78 Å². The van der Waals surface area contributed by atoms with Gasteiger partial charge in [-0.05, 0) is 26.7 Å². The highest BCUT2D eigenvalue weighted by molar-refractivity contribution is 5.82. The number of rotatable bonds is 1. The summed E-state index contributed by atoms with van der Waals surface area (Å²) in [5, 5.41) is 0. The molecule has 0 amide bonds. The molecule has 2 heteroatoms. The van der Waals surface area contributed by atoms with E-state index in [2.05, 4.69) is 41.5 Å². The lowest BCUT2D eigenvalue weighted by atomic mass is 9.77. The minimum atomic E-state index is 0.200. The predicted octanol–water partition coefficient (Wildman–Crippen LogP) is 1.16. The molecule has 3 atom stereocenters. The molecule has 1 unspecified atom stereocenters. The number of ketones is 1. The van der Waals surface area contributed by atoms with Crippen molar-refractivity contribution in [3.63, 3.8) is 0 Å². The number of hydrogen-bond acceptors (Lipinski definition) is 1. The first-order valence-corrected chi connectivity index (χ1v) is 6.11. The smallest absolute Gasteiger partial charge is 0.190 e. The average Bonchev–Trinajstić information content (AvgIpc) is 1.99. The van der Waals surface area contributed by atoms with Crippen LogP contribution in [0.25, 0.3) is 0 Å². The fourth-order valence-corrected chi connectivity index (χ4v) is 2.83. The van der Waals surface area contributed by atoms with Gasteiger partial charge < -0.3 is 4.90 Å². The van der Waals surface area contributed by atoms with E-state index in [4.69, 9.17) is 0 Å². The zero-order valence-corrected chi connectivity index (χ0v) is 11.1. The normalized spacial score (nSPS) is 33.5. The molecule has 88 valence electrons. The van der Waals surface area contributed by atoms with Gasteiger partial charge in [0.2, 0.25) is 0 Å². The second-order valence-electron chi connectivity index (χ2n) is 6.45. The van der Waals surface area contributed by atoms with Crippen LogP contribution in [0, 0.1) is 17.8 Å². The first kappa shape index (κ1) is 12.7. The first-order valence-electron chi connectivity index (χ1n) is 6.11. The van der Waals surface area contributed by atoms with Gasteiger partial charge in [0.1, 0.15) is 6.54 Å². The Morgan fingerprint density at radius 2 is 1.87 bits per heavy atom. The molecule has 0 bridgehead atoms. The zero-order chi connectivity index (χ0) is 11.8. The summed E-state index contributed by atoms with van der Waals surface area (Å²) in [6, 6.07) is 0. The number of quaternary nitrogens is 1. The Hall–Kier alpha value is -0.370. The standard InChI is InChI=1S/C13H25NO/c1-9(2)12-10(3)7-14(8-11(12)15)13(4,5)6/h9-10,12H,7-8H2,1-6H3/p+1/t10-,12-/m1/s1. The number of Topliss-reactive ketones (excluding diaryl/α,β-unsaturated/α-hetero) is 1. The van der Waals surface area contributed by atoms with Gasteiger partial charge in [0.05, 0.1) is 12.1 Å². The van der Waals surface area contributed by atoms with E-state index in [1.54, 1.807) is 0 Å². The summed E-state index contributed by atoms with van der Waals surface area (Å²) in [5.74, 6) is 1.78. The maximum atomic E-state index is 12.1. The van der Waals surface area contributed by atoms with E-state index >= 15 is 0 Å². The Morgan fingerprint density at radius 1 is 1.33 bits per heavy atom. The molecule has 0 spiro atoms. The van der Waals surface area contributed by atoms with Gasteiger partial charge in [-0.15, -0.1) is 0 Å². The summed E-state index contributed by atoms with van der Waals surface area (Å²) >= 11 is 0. The van der Waals surface area contributed by atoms with E-state index in [1.165, 1.54) is 4.90 Å². The van der Waals surface area contributed by atoms with Crippen LogP contribution in [0.15, 0.2) is 0 Å². The molecule has 0 aromatic carbocycles. The average molecular weight is 212 g/mol. The van der Waals surface area contributed by atoms with Crippen LogP contribution in [0.4, 0.5) is 0 Å². The van der Waals surface area contributed by atoms with Crippen molar-refractivity contribution in [2.45, 2.75) is 47.1 Å². The fraction of sp³-hybridized carbons (Fsp3) is 0.923. The summed E-state index contributed by atoms with van der Waals surface area (Å²) in [6.45, 7) is 15.1. The number of likely N-dealkylation sites (tertiary alicyclic amines) is 1. The summed E-state index contributed by atoms with van der Waals surface area (Å²) in [7, 11) is 0. The van der Waals surface area contributed by atoms with Gasteiger partial charge in [-0.3, -0.25) is 4.79 Å². The monoisotopic (exact) mass is 212 g/mol. The van der Waals surface area contributed by atoms with Crippen LogP contribution in [0.5, 0.6) is 0 Å². The Morgan fingerprint density at radius 3 is 2.20 bits per heavy atom. The fourth-order valence-electron chi connectivity index (χ4n) is 2.83. The van der Waals surface area contributed by atoms with Crippen LogP contribution in [-0.2, 0) is 4.79 Å². The van der Waals surface area contributed by atoms with Crippen LogP contribution in [0.1, 0.15) is 41.5 Å². The maximum absolute atomic E-state index is 12.1. The number of nitrogens with one attached hydrogen (secondary N) is 1. The van der Waals surface area contributed by atoms with Crippen molar-refractivity contribution in [2.75, 3.05) is 13.1 Å². The Bertz CT molecular complexity index is 239. The van der Waals surface area contributed by atoms with Crippen LogP contribution in [-0.4, -0.2) is 24.4 Å². The molecule has 15 heavy (non-hydrogen) atoms. The summed E-state index contributed by atoms with van der Waals surface area (Å²) in [5.41, 5.74) is 0.200. The molecule has 0 radical (unpaired) electrons. The lowest BCUT2D eigenvalue weighted by molar-refractivity contribution is -0.945. The highest BCUT2D eigenvalue weighted by Gasteiger charge is 2.41. The number of carbonyl (C=O) groups excluding carboxylic acids is 1. The van der Waals surface area contributed by atoms with Gasteiger partial charge in [-0.1, -0.05) is 20.8 Å². The topological polar surface area (TPSA) is 21.5 Å².